The number of nitrogens with zero attached hydrogens (tertiary/aromatic N) is 4. The lowest BCUT2D eigenvalue weighted by Crippen LogP contribution is -2.45. The second kappa shape index (κ2) is 7.59. The Kier molecular flexibility index (Phi) is 5.43. The Labute approximate surface area is 153 Å². The molecular weight excluding hydrogens is 369 g/mol. The Hall–Kier alpha value is -2.19. The van der Waals surface area contributed by atoms with Crippen LogP contribution in [0.25, 0.3) is 0 Å². The van der Waals surface area contributed by atoms with Gasteiger partial charge in [0.2, 0.25) is 0 Å². The standard InChI is InChI=1S/C17H16ClF3N4O/c18-15-3-1-12(2-4-15)9-25(16(26)13-7-22-11-23-8-13)24-6-5-14(10-24)17(19,20)21/h1-4,7-8,11,14H,5-6,9-10H2. The van der Waals surface area contributed by atoms with Crippen molar-refractivity contribution in [1.29, 1.82) is 0 Å². The van der Waals surface area contributed by atoms with E-state index in [1.54, 1.807) is 24.3 Å². The molecule has 138 valence electrons. The van der Waals surface area contributed by atoms with Crippen molar-refractivity contribution in [2.45, 2.75) is 19.1 Å². The zero-order valence-electron chi connectivity index (χ0n) is 13.7. The molecule has 1 aliphatic rings. The maximum atomic E-state index is 13.0. The van der Waals surface area contributed by atoms with E-state index < -0.39 is 18.0 Å². The number of alkyl halides is 3. The van der Waals surface area contributed by atoms with Gasteiger partial charge in [-0.25, -0.2) is 15.0 Å². The first-order valence-corrected chi connectivity index (χ1v) is 8.35. The summed E-state index contributed by atoms with van der Waals surface area (Å²) in [6, 6.07) is 6.82. The molecule has 1 amide bonds. The van der Waals surface area contributed by atoms with Crippen LogP contribution in [-0.4, -0.2) is 45.2 Å². The summed E-state index contributed by atoms with van der Waals surface area (Å²) >= 11 is 5.87. The number of halogens is 4. The van der Waals surface area contributed by atoms with Crippen molar-refractivity contribution >= 4 is 17.5 Å². The average Bonchev–Trinajstić information content (AvgIpc) is 3.12. The third kappa shape index (κ3) is 4.31. The maximum absolute atomic E-state index is 13.0. The third-order valence-electron chi connectivity index (χ3n) is 4.26. The van der Waals surface area contributed by atoms with Gasteiger partial charge in [-0.1, -0.05) is 23.7 Å². The normalized spacial score (nSPS) is 18.1. The summed E-state index contributed by atoms with van der Waals surface area (Å²) in [5.41, 5.74) is 0.979. The minimum atomic E-state index is -4.28. The van der Waals surface area contributed by atoms with Gasteiger partial charge < -0.3 is 0 Å². The molecule has 5 nitrogen and oxygen atoms in total. The highest BCUT2D eigenvalue weighted by Gasteiger charge is 2.45. The number of aromatic nitrogens is 2. The number of hydrogen-bond donors (Lipinski definition) is 0. The van der Waals surface area contributed by atoms with Crippen molar-refractivity contribution in [2.75, 3.05) is 13.1 Å². The first-order valence-electron chi connectivity index (χ1n) is 7.97. The zero-order chi connectivity index (χ0) is 18.7. The van der Waals surface area contributed by atoms with Gasteiger partial charge in [-0.2, -0.15) is 13.2 Å². The monoisotopic (exact) mass is 384 g/mol. The molecule has 1 aromatic heterocycles. The summed E-state index contributed by atoms with van der Waals surface area (Å²) < 4.78 is 39.1. The highest BCUT2D eigenvalue weighted by Crippen LogP contribution is 2.34. The van der Waals surface area contributed by atoms with Gasteiger partial charge in [-0.3, -0.25) is 9.80 Å². The Balaban J connectivity index is 1.84. The number of carbonyl (C=O) groups is 1. The molecular formula is C17H16ClF3N4O. The molecule has 2 aromatic rings. The molecule has 0 saturated carbocycles. The van der Waals surface area contributed by atoms with Crippen LogP contribution in [0.3, 0.4) is 0 Å². The van der Waals surface area contributed by atoms with E-state index in [0.717, 1.165) is 5.56 Å². The van der Waals surface area contributed by atoms with Gasteiger partial charge in [0.05, 0.1) is 18.0 Å². The molecule has 1 saturated heterocycles. The van der Waals surface area contributed by atoms with Crippen molar-refractivity contribution in [2.24, 2.45) is 5.92 Å². The van der Waals surface area contributed by atoms with Crippen LogP contribution in [0.1, 0.15) is 22.3 Å². The highest BCUT2D eigenvalue weighted by atomic mass is 35.5. The largest absolute Gasteiger partial charge is 0.393 e. The molecule has 1 unspecified atom stereocenters. The summed E-state index contributed by atoms with van der Waals surface area (Å²) in [5.74, 6) is -1.89. The fraction of sp³-hybridized carbons (Fsp3) is 0.353. The van der Waals surface area contributed by atoms with Crippen LogP contribution in [-0.2, 0) is 6.54 Å². The Morgan fingerprint density at radius 2 is 1.88 bits per heavy atom. The lowest BCUT2D eigenvalue weighted by molar-refractivity contribution is -0.173. The van der Waals surface area contributed by atoms with E-state index in [1.165, 1.54) is 28.7 Å². The number of carbonyl (C=O) groups excluding carboxylic acids is 1. The SMILES string of the molecule is O=C(c1cncnc1)N(Cc1ccc(Cl)cc1)N1CCC(C(F)(F)F)C1. The first-order chi connectivity index (χ1) is 12.3. The van der Waals surface area contributed by atoms with E-state index in [1.807, 2.05) is 0 Å². The second-order valence-corrected chi connectivity index (χ2v) is 6.49. The second-order valence-electron chi connectivity index (χ2n) is 6.06. The molecule has 0 spiro atoms. The molecule has 1 aliphatic heterocycles. The molecule has 0 aliphatic carbocycles. The molecule has 0 bridgehead atoms. The smallest absolute Gasteiger partial charge is 0.267 e. The van der Waals surface area contributed by atoms with Gasteiger partial charge in [0.25, 0.3) is 5.91 Å². The average molecular weight is 385 g/mol. The number of rotatable bonds is 4. The van der Waals surface area contributed by atoms with E-state index >= 15 is 0 Å². The van der Waals surface area contributed by atoms with Crippen LogP contribution in [0.2, 0.25) is 5.02 Å². The molecule has 0 radical (unpaired) electrons. The maximum Gasteiger partial charge on any atom is 0.393 e. The third-order valence-corrected chi connectivity index (χ3v) is 4.51. The van der Waals surface area contributed by atoms with Crippen LogP contribution in [0.4, 0.5) is 13.2 Å². The predicted octanol–water partition coefficient (Wildman–Crippen LogP) is 3.57. The quantitative estimate of drug-likeness (QED) is 0.808. The van der Waals surface area contributed by atoms with Crippen LogP contribution >= 0.6 is 11.6 Å². The molecule has 2 heterocycles. The molecule has 1 aromatic carbocycles. The molecule has 9 heteroatoms. The van der Waals surface area contributed by atoms with E-state index in [-0.39, 0.29) is 31.6 Å². The Bertz CT molecular complexity index is 755. The minimum absolute atomic E-state index is 0.0425. The lowest BCUT2D eigenvalue weighted by Gasteiger charge is -2.32. The summed E-state index contributed by atoms with van der Waals surface area (Å²) in [5, 5.41) is 3.32. The highest BCUT2D eigenvalue weighted by molar-refractivity contribution is 6.30. The molecule has 0 N–H and O–H groups in total. The van der Waals surface area contributed by atoms with Gasteiger partial charge in [0, 0.05) is 30.5 Å². The number of benzene rings is 1. The molecule has 1 atom stereocenters. The van der Waals surface area contributed by atoms with Gasteiger partial charge >= 0.3 is 6.18 Å². The van der Waals surface area contributed by atoms with Gasteiger partial charge in [0.15, 0.2) is 0 Å². The number of hydrazine groups is 1. The Morgan fingerprint density at radius 3 is 2.46 bits per heavy atom. The summed E-state index contributed by atoms with van der Waals surface area (Å²) in [4.78, 5) is 20.5. The topological polar surface area (TPSA) is 49.3 Å². The van der Waals surface area contributed by atoms with Crippen molar-refractivity contribution in [3.05, 3.63) is 59.1 Å². The van der Waals surface area contributed by atoms with E-state index in [0.29, 0.717) is 5.02 Å². The Morgan fingerprint density at radius 1 is 1.23 bits per heavy atom. The number of amides is 1. The fourth-order valence-electron chi connectivity index (χ4n) is 2.85. The predicted molar refractivity (Wildman–Crippen MR) is 89.1 cm³/mol. The van der Waals surface area contributed by atoms with Crippen LogP contribution in [0.5, 0.6) is 0 Å². The fourth-order valence-corrected chi connectivity index (χ4v) is 2.98. The molecule has 3 rings (SSSR count). The van der Waals surface area contributed by atoms with Gasteiger partial charge in [-0.15, -0.1) is 0 Å². The number of hydrogen-bond acceptors (Lipinski definition) is 4. The van der Waals surface area contributed by atoms with Gasteiger partial charge in [0.1, 0.15) is 6.33 Å². The summed E-state index contributed by atoms with van der Waals surface area (Å²) in [7, 11) is 0. The first kappa shape index (κ1) is 18.6. The molecule has 1 fully saturated rings. The van der Waals surface area contributed by atoms with Crippen LogP contribution in [0.15, 0.2) is 43.0 Å². The zero-order valence-corrected chi connectivity index (χ0v) is 14.4. The van der Waals surface area contributed by atoms with E-state index in [9.17, 15) is 18.0 Å². The van der Waals surface area contributed by atoms with Crippen molar-refractivity contribution in [3.63, 3.8) is 0 Å². The summed E-state index contributed by atoms with van der Waals surface area (Å²) in [6.07, 6.45) is -0.336. The van der Waals surface area contributed by atoms with Gasteiger partial charge in [-0.05, 0) is 24.1 Å². The van der Waals surface area contributed by atoms with Crippen molar-refractivity contribution in [3.8, 4) is 0 Å². The van der Waals surface area contributed by atoms with Crippen molar-refractivity contribution < 1.29 is 18.0 Å². The van der Waals surface area contributed by atoms with Crippen LogP contribution < -0.4 is 0 Å². The van der Waals surface area contributed by atoms with Crippen LogP contribution in [0, 0.1) is 5.92 Å². The van der Waals surface area contributed by atoms with E-state index in [2.05, 4.69) is 9.97 Å². The minimum Gasteiger partial charge on any atom is -0.267 e. The van der Waals surface area contributed by atoms with E-state index in [4.69, 9.17) is 11.6 Å². The molecule has 26 heavy (non-hydrogen) atoms. The summed E-state index contributed by atoms with van der Waals surface area (Å²) in [6.45, 7) is 0.0309. The van der Waals surface area contributed by atoms with Crippen molar-refractivity contribution in [1.82, 2.24) is 20.0 Å². The lowest BCUT2D eigenvalue weighted by atomic mass is 10.1.